The van der Waals surface area contributed by atoms with E-state index < -0.39 is 0 Å². The molecular formula is C21H34P. The lowest BCUT2D eigenvalue weighted by Gasteiger charge is -2.21. The van der Waals surface area contributed by atoms with E-state index in [1.165, 1.54) is 88.2 Å². The fourth-order valence-corrected chi connectivity index (χ4v) is 3.98. The smallest absolute Gasteiger partial charge is 0.00146 e. The molecule has 0 aromatic heterocycles. The van der Waals surface area contributed by atoms with Crippen molar-refractivity contribution in [2.24, 2.45) is 0 Å². The summed E-state index contributed by atoms with van der Waals surface area (Å²) < 4.78 is 0. The number of hydrogen-bond donors (Lipinski definition) is 0. The van der Waals surface area contributed by atoms with E-state index in [0.29, 0.717) is 5.66 Å². The second kappa shape index (κ2) is 10.4. The van der Waals surface area contributed by atoms with Gasteiger partial charge in [0.25, 0.3) is 0 Å². The molecule has 2 unspecified atom stereocenters. The number of aryl methyl sites for hydroxylation is 1. The van der Waals surface area contributed by atoms with Crippen LogP contribution in [0.5, 0.6) is 0 Å². The zero-order valence-electron chi connectivity index (χ0n) is 14.4. The SMILES string of the molecule is CCCCc1ccc(C(P)CCCC[C]2CCCCC2)cc1. The lowest BCUT2D eigenvalue weighted by Crippen LogP contribution is -2.03. The minimum Gasteiger partial charge on any atom is -0.130 e. The molecule has 0 saturated heterocycles. The first-order chi connectivity index (χ1) is 10.8. The van der Waals surface area contributed by atoms with Gasteiger partial charge in [-0.3, -0.25) is 0 Å². The molecule has 0 bridgehead atoms. The molecular weight excluding hydrogens is 283 g/mol. The van der Waals surface area contributed by atoms with Gasteiger partial charge < -0.3 is 0 Å². The van der Waals surface area contributed by atoms with Crippen LogP contribution < -0.4 is 0 Å². The van der Waals surface area contributed by atoms with Crippen molar-refractivity contribution in [3.8, 4) is 0 Å². The van der Waals surface area contributed by atoms with E-state index in [1.807, 2.05) is 5.92 Å². The summed E-state index contributed by atoms with van der Waals surface area (Å²) in [5.41, 5.74) is 3.63. The van der Waals surface area contributed by atoms with Crippen molar-refractivity contribution < 1.29 is 0 Å². The molecule has 1 aromatic rings. The zero-order chi connectivity index (χ0) is 15.6. The highest BCUT2D eigenvalue weighted by Gasteiger charge is 2.13. The molecule has 1 aliphatic carbocycles. The maximum Gasteiger partial charge on any atom is -0.00146 e. The minimum absolute atomic E-state index is 0.636. The van der Waals surface area contributed by atoms with E-state index >= 15 is 0 Å². The lowest BCUT2D eigenvalue weighted by atomic mass is 9.85. The summed E-state index contributed by atoms with van der Waals surface area (Å²) in [7, 11) is 3.06. The summed E-state index contributed by atoms with van der Waals surface area (Å²) in [6, 6.07) is 9.36. The van der Waals surface area contributed by atoms with Gasteiger partial charge in [-0.25, -0.2) is 0 Å². The van der Waals surface area contributed by atoms with E-state index in [0.717, 1.165) is 0 Å². The van der Waals surface area contributed by atoms with Crippen molar-refractivity contribution in [3.05, 3.63) is 41.3 Å². The van der Waals surface area contributed by atoms with Gasteiger partial charge in [0, 0.05) is 0 Å². The van der Waals surface area contributed by atoms with Gasteiger partial charge in [-0.2, -0.15) is 0 Å². The summed E-state index contributed by atoms with van der Waals surface area (Å²) in [4.78, 5) is 0. The summed E-state index contributed by atoms with van der Waals surface area (Å²) in [6.07, 6.45) is 16.5. The van der Waals surface area contributed by atoms with Gasteiger partial charge in [0.1, 0.15) is 0 Å². The van der Waals surface area contributed by atoms with Crippen molar-refractivity contribution in [2.45, 2.75) is 89.6 Å². The number of unbranched alkanes of at least 4 members (excludes halogenated alkanes) is 2. The molecule has 1 radical (unpaired) electrons. The molecule has 1 aliphatic rings. The summed E-state index contributed by atoms with van der Waals surface area (Å²) in [6.45, 7) is 2.26. The molecule has 2 rings (SSSR count). The number of benzene rings is 1. The Kier molecular flexibility index (Phi) is 8.53. The Morgan fingerprint density at radius 2 is 1.64 bits per heavy atom. The Hall–Kier alpha value is -0.350. The fraction of sp³-hybridized carbons (Fsp3) is 0.667. The van der Waals surface area contributed by atoms with Gasteiger partial charge in [-0.05, 0) is 61.2 Å². The molecule has 0 N–H and O–H groups in total. The summed E-state index contributed by atoms with van der Waals surface area (Å²) in [5.74, 6) is 1.85. The lowest BCUT2D eigenvalue weighted by molar-refractivity contribution is 0.489. The van der Waals surface area contributed by atoms with Gasteiger partial charge in [0.2, 0.25) is 0 Å². The fourth-order valence-electron chi connectivity index (χ4n) is 3.52. The molecule has 22 heavy (non-hydrogen) atoms. The first-order valence-corrected chi connectivity index (χ1v) is 10.1. The van der Waals surface area contributed by atoms with Gasteiger partial charge in [0.15, 0.2) is 0 Å². The largest absolute Gasteiger partial charge is 0.130 e. The van der Waals surface area contributed by atoms with Crippen LogP contribution in [0, 0.1) is 5.92 Å². The van der Waals surface area contributed by atoms with E-state index in [2.05, 4.69) is 40.4 Å². The molecule has 0 heterocycles. The minimum atomic E-state index is 0.636. The highest BCUT2D eigenvalue weighted by Crippen LogP contribution is 2.32. The maximum absolute atomic E-state index is 3.06. The summed E-state index contributed by atoms with van der Waals surface area (Å²) >= 11 is 0. The predicted molar refractivity (Wildman–Crippen MR) is 102 cm³/mol. The molecule has 1 fully saturated rings. The normalized spacial score (nSPS) is 17.5. The quantitative estimate of drug-likeness (QED) is 0.338. The maximum atomic E-state index is 3.06. The molecule has 123 valence electrons. The van der Waals surface area contributed by atoms with E-state index in [4.69, 9.17) is 0 Å². The van der Waals surface area contributed by atoms with Crippen LogP contribution in [0.2, 0.25) is 0 Å². The highest BCUT2D eigenvalue weighted by atomic mass is 31.0. The van der Waals surface area contributed by atoms with Crippen molar-refractivity contribution in [2.75, 3.05) is 0 Å². The first kappa shape index (κ1) is 18.0. The third-order valence-electron chi connectivity index (χ3n) is 5.08. The van der Waals surface area contributed by atoms with Crippen LogP contribution in [0.25, 0.3) is 0 Å². The molecule has 0 amide bonds. The van der Waals surface area contributed by atoms with Crippen LogP contribution in [0.3, 0.4) is 0 Å². The van der Waals surface area contributed by atoms with Crippen LogP contribution in [0.1, 0.15) is 94.3 Å². The molecule has 1 aromatic carbocycles. The predicted octanol–water partition coefficient (Wildman–Crippen LogP) is 7.04. The standard InChI is InChI=1S/C21H34P/c1-2-3-9-19-14-16-20(17-15-19)21(22)13-8-7-12-18-10-5-4-6-11-18/h14-17,21H,2-13,22H2,1H3. The van der Waals surface area contributed by atoms with Crippen LogP contribution in [-0.4, -0.2) is 0 Å². The third kappa shape index (κ3) is 6.41. The highest BCUT2D eigenvalue weighted by molar-refractivity contribution is 7.17. The number of hydrogen-bond acceptors (Lipinski definition) is 0. The first-order valence-electron chi connectivity index (χ1n) is 9.47. The van der Waals surface area contributed by atoms with Gasteiger partial charge in [-0.15, -0.1) is 9.24 Å². The van der Waals surface area contributed by atoms with Crippen molar-refractivity contribution >= 4 is 9.24 Å². The van der Waals surface area contributed by atoms with Crippen molar-refractivity contribution in [3.63, 3.8) is 0 Å². The van der Waals surface area contributed by atoms with E-state index in [9.17, 15) is 0 Å². The molecule has 0 aliphatic heterocycles. The Balaban J connectivity index is 1.64. The average Bonchev–Trinajstić information content (AvgIpc) is 2.58. The third-order valence-corrected chi connectivity index (χ3v) is 5.80. The van der Waals surface area contributed by atoms with Crippen LogP contribution in [0.15, 0.2) is 24.3 Å². The summed E-state index contributed by atoms with van der Waals surface area (Å²) in [5, 5.41) is 0. The molecule has 1 saturated carbocycles. The van der Waals surface area contributed by atoms with E-state index in [-0.39, 0.29) is 0 Å². The second-order valence-corrected chi connectivity index (χ2v) is 7.81. The van der Waals surface area contributed by atoms with Gasteiger partial charge in [-0.1, -0.05) is 69.7 Å². The second-order valence-electron chi connectivity index (χ2n) is 7.01. The van der Waals surface area contributed by atoms with Crippen LogP contribution in [-0.2, 0) is 6.42 Å². The molecule has 1 heteroatoms. The molecule has 0 nitrogen and oxygen atoms in total. The van der Waals surface area contributed by atoms with Gasteiger partial charge >= 0.3 is 0 Å². The average molecular weight is 317 g/mol. The Morgan fingerprint density at radius 3 is 2.32 bits per heavy atom. The Bertz CT molecular complexity index is 389. The van der Waals surface area contributed by atoms with Crippen molar-refractivity contribution in [1.29, 1.82) is 0 Å². The van der Waals surface area contributed by atoms with E-state index in [1.54, 1.807) is 0 Å². The van der Waals surface area contributed by atoms with Crippen LogP contribution in [0.4, 0.5) is 0 Å². The molecule has 2 atom stereocenters. The van der Waals surface area contributed by atoms with Gasteiger partial charge in [0.05, 0.1) is 0 Å². The zero-order valence-corrected chi connectivity index (χ0v) is 15.6. The number of rotatable bonds is 9. The van der Waals surface area contributed by atoms with Crippen LogP contribution >= 0.6 is 9.24 Å². The topological polar surface area (TPSA) is 0 Å². The molecule has 0 spiro atoms. The van der Waals surface area contributed by atoms with Crippen molar-refractivity contribution in [1.82, 2.24) is 0 Å². The Labute approximate surface area is 140 Å². The monoisotopic (exact) mass is 317 g/mol. The Morgan fingerprint density at radius 1 is 0.909 bits per heavy atom.